The number of sulfonamides is 1. The van der Waals surface area contributed by atoms with Crippen LogP contribution in [0.2, 0.25) is 0 Å². The van der Waals surface area contributed by atoms with Gasteiger partial charge in [-0.25, -0.2) is 23.5 Å². The molecule has 1 aliphatic carbocycles. The first-order chi connectivity index (χ1) is 12.0. The number of nitrogens with zero attached hydrogens (tertiary/aromatic N) is 4. The van der Waals surface area contributed by atoms with E-state index >= 15 is 0 Å². The molecule has 0 saturated carbocycles. The van der Waals surface area contributed by atoms with Crippen LogP contribution in [0.1, 0.15) is 17.7 Å². The number of hydrogen-bond acceptors (Lipinski definition) is 6. The molecule has 132 valence electrons. The third-order valence-corrected chi connectivity index (χ3v) is 5.89. The molecule has 4 rings (SSSR count). The molecule has 1 aromatic heterocycles. The molecule has 2 aromatic rings. The highest BCUT2D eigenvalue weighted by molar-refractivity contribution is 7.89. The predicted molar refractivity (Wildman–Crippen MR) is 96.3 cm³/mol. The maximum atomic E-state index is 11.4. The molecule has 0 unspecified atom stereocenters. The van der Waals surface area contributed by atoms with Crippen LogP contribution in [0.25, 0.3) is 0 Å². The van der Waals surface area contributed by atoms with Crippen molar-refractivity contribution in [2.45, 2.75) is 24.2 Å². The summed E-state index contributed by atoms with van der Waals surface area (Å²) in [7, 11) is -3.64. The molecule has 0 amide bonds. The van der Waals surface area contributed by atoms with E-state index in [-0.39, 0.29) is 4.90 Å². The zero-order chi connectivity index (χ0) is 17.4. The van der Waals surface area contributed by atoms with Gasteiger partial charge < -0.3 is 9.80 Å². The fourth-order valence-corrected chi connectivity index (χ4v) is 4.15. The van der Waals surface area contributed by atoms with Crippen molar-refractivity contribution in [3.63, 3.8) is 0 Å². The van der Waals surface area contributed by atoms with Gasteiger partial charge in [-0.2, -0.15) is 0 Å². The summed E-state index contributed by atoms with van der Waals surface area (Å²) in [4.78, 5) is 13.7. The maximum Gasteiger partial charge on any atom is 0.238 e. The third-order valence-electron chi connectivity index (χ3n) is 4.96. The van der Waals surface area contributed by atoms with E-state index in [9.17, 15) is 8.42 Å². The Bertz CT molecular complexity index is 874. The molecule has 0 atom stereocenters. The number of piperazine rings is 1. The van der Waals surface area contributed by atoms with Gasteiger partial charge in [-0.1, -0.05) is 0 Å². The average molecular weight is 359 g/mol. The second-order valence-corrected chi connectivity index (χ2v) is 8.05. The second-order valence-electron chi connectivity index (χ2n) is 6.49. The standard InChI is InChI=1S/C17H21N5O2S/c18-25(23,24)14-6-4-13(5-7-14)21-8-10-22(11-9-21)17-15-2-1-3-16(15)19-12-20-17/h4-7,12H,1-3,8-11H2,(H2,18,23,24). The molecule has 0 spiro atoms. The van der Waals surface area contributed by atoms with Crippen molar-refractivity contribution < 1.29 is 8.42 Å². The highest BCUT2D eigenvalue weighted by Crippen LogP contribution is 2.29. The summed E-state index contributed by atoms with van der Waals surface area (Å²) < 4.78 is 22.7. The lowest BCUT2D eigenvalue weighted by Gasteiger charge is -2.37. The Balaban J connectivity index is 1.46. The topological polar surface area (TPSA) is 92.4 Å². The number of fused-ring (bicyclic) bond motifs is 1. The first-order valence-electron chi connectivity index (χ1n) is 8.48. The number of primary sulfonamides is 1. The fourth-order valence-electron chi connectivity index (χ4n) is 3.64. The van der Waals surface area contributed by atoms with E-state index in [1.54, 1.807) is 18.5 Å². The number of anilines is 2. The molecule has 2 heterocycles. The third kappa shape index (κ3) is 3.19. The highest BCUT2D eigenvalue weighted by Gasteiger charge is 2.24. The lowest BCUT2D eigenvalue weighted by molar-refractivity contribution is 0.597. The van der Waals surface area contributed by atoms with E-state index in [0.29, 0.717) is 0 Å². The number of aromatic nitrogens is 2. The van der Waals surface area contributed by atoms with Crippen LogP contribution in [0.4, 0.5) is 11.5 Å². The maximum absolute atomic E-state index is 11.4. The molecule has 2 N–H and O–H groups in total. The highest BCUT2D eigenvalue weighted by atomic mass is 32.2. The molecule has 0 bridgehead atoms. The molecule has 1 fully saturated rings. The summed E-state index contributed by atoms with van der Waals surface area (Å²) in [5.41, 5.74) is 3.53. The Morgan fingerprint density at radius 3 is 2.28 bits per heavy atom. The van der Waals surface area contributed by atoms with Crippen molar-refractivity contribution in [2.75, 3.05) is 36.0 Å². The number of hydrogen-bond donors (Lipinski definition) is 1. The van der Waals surface area contributed by atoms with Gasteiger partial charge in [0, 0.05) is 43.1 Å². The van der Waals surface area contributed by atoms with Gasteiger partial charge in [0.15, 0.2) is 0 Å². The van der Waals surface area contributed by atoms with Crippen molar-refractivity contribution >= 4 is 21.5 Å². The lowest BCUT2D eigenvalue weighted by Crippen LogP contribution is -2.47. The van der Waals surface area contributed by atoms with Gasteiger partial charge in [-0.15, -0.1) is 0 Å². The van der Waals surface area contributed by atoms with E-state index in [1.165, 1.54) is 11.3 Å². The van der Waals surface area contributed by atoms with E-state index in [0.717, 1.165) is 56.9 Å². The van der Waals surface area contributed by atoms with Gasteiger partial charge in [-0.3, -0.25) is 0 Å². The van der Waals surface area contributed by atoms with E-state index in [1.807, 2.05) is 12.1 Å². The van der Waals surface area contributed by atoms with Crippen LogP contribution in [-0.4, -0.2) is 44.6 Å². The lowest BCUT2D eigenvalue weighted by atomic mass is 10.2. The van der Waals surface area contributed by atoms with Gasteiger partial charge in [0.1, 0.15) is 12.1 Å². The van der Waals surface area contributed by atoms with Gasteiger partial charge in [0.25, 0.3) is 0 Å². The van der Waals surface area contributed by atoms with Crippen molar-refractivity contribution in [2.24, 2.45) is 5.14 Å². The van der Waals surface area contributed by atoms with Crippen LogP contribution in [0.5, 0.6) is 0 Å². The molecule has 1 aromatic carbocycles. The second kappa shape index (κ2) is 6.27. The number of aryl methyl sites for hydroxylation is 1. The van der Waals surface area contributed by atoms with Gasteiger partial charge in [-0.05, 0) is 43.5 Å². The predicted octanol–water partition coefficient (Wildman–Crippen LogP) is 0.939. The van der Waals surface area contributed by atoms with Crippen LogP contribution in [-0.2, 0) is 22.9 Å². The molecule has 1 aliphatic heterocycles. The largest absolute Gasteiger partial charge is 0.368 e. The summed E-state index contributed by atoms with van der Waals surface area (Å²) in [6, 6.07) is 6.76. The summed E-state index contributed by atoms with van der Waals surface area (Å²) in [5, 5.41) is 5.15. The van der Waals surface area contributed by atoms with Crippen LogP contribution in [0.3, 0.4) is 0 Å². The monoisotopic (exact) mass is 359 g/mol. The number of nitrogens with two attached hydrogens (primary N) is 1. The molecule has 8 heteroatoms. The molecule has 0 radical (unpaired) electrons. The first kappa shape index (κ1) is 16.3. The number of rotatable bonds is 3. The molecular weight excluding hydrogens is 338 g/mol. The summed E-state index contributed by atoms with van der Waals surface area (Å²) >= 11 is 0. The van der Waals surface area contributed by atoms with Crippen LogP contribution in [0.15, 0.2) is 35.5 Å². The molecule has 2 aliphatic rings. The Hall–Kier alpha value is -2.19. The van der Waals surface area contributed by atoms with Crippen molar-refractivity contribution in [1.29, 1.82) is 0 Å². The molecule has 1 saturated heterocycles. The van der Waals surface area contributed by atoms with E-state index in [2.05, 4.69) is 19.8 Å². The number of benzene rings is 1. The summed E-state index contributed by atoms with van der Waals surface area (Å²) in [6.45, 7) is 3.52. The van der Waals surface area contributed by atoms with Gasteiger partial charge >= 0.3 is 0 Å². The SMILES string of the molecule is NS(=O)(=O)c1ccc(N2CCN(c3ncnc4c3CCC4)CC2)cc1. The Kier molecular flexibility index (Phi) is 4.09. The normalized spacial score (nSPS) is 17.6. The summed E-state index contributed by atoms with van der Waals surface area (Å²) in [5.74, 6) is 1.09. The fraction of sp³-hybridized carbons (Fsp3) is 0.412. The van der Waals surface area contributed by atoms with E-state index in [4.69, 9.17) is 5.14 Å². The zero-order valence-electron chi connectivity index (χ0n) is 13.9. The van der Waals surface area contributed by atoms with Crippen LogP contribution < -0.4 is 14.9 Å². The Labute approximate surface area is 147 Å². The van der Waals surface area contributed by atoms with Gasteiger partial charge in [0.05, 0.1) is 4.90 Å². The van der Waals surface area contributed by atoms with Crippen molar-refractivity contribution in [1.82, 2.24) is 9.97 Å². The Morgan fingerprint density at radius 1 is 0.920 bits per heavy atom. The quantitative estimate of drug-likeness (QED) is 0.877. The van der Waals surface area contributed by atoms with Crippen LogP contribution in [0, 0.1) is 0 Å². The smallest absolute Gasteiger partial charge is 0.238 e. The zero-order valence-corrected chi connectivity index (χ0v) is 14.7. The summed E-state index contributed by atoms with van der Waals surface area (Å²) in [6.07, 6.45) is 4.97. The van der Waals surface area contributed by atoms with Crippen molar-refractivity contribution in [3.8, 4) is 0 Å². The van der Waals surface area contributed by atoms with Crippen molar-refractivity contribution in [3.05, 3.63) is 41.9 Å². The Morgan fingerprint density at radius 2 is 1.60 bits per heavy atom. The minimum Gasteiger partial charge on any atom is -0.368 e. The minimum atomic E-state index is -3.64. The molecule has 25 heavy (non-hydrogen) atoms. The first-order valence-corrected chi connectivity index (χ1v) is 10.0. The molecular formula is C17H21N5O2S. The average Bonchev–Trinajstić information content (AvgIpc) is 3.10. The van der Waals surface area contributed by atoms with Crippen LogP contribution >= 0.6 is 0 Å². The van der Waals surface area contributed by atoms with Gasteiger partial charge in [0.2, 0.25) is 10.0 Å². The molecule has 7 nitrogen and oxygen atoms in total. The minimum absolute atomic E-state index is 0.145. The van der Waals surface area contributed by atoms with E-state index < -0.39 is 10.0 Å².